The summed E-state index contributed by atoms with van der Waals surface area (Å²) >= 11 is 0. The van der Waals surface area contributed by atoms with E-state index in [2.05, 4.69) is 25.6 Å². The third-order valence-corrected chi connectivity index (χ3v) is 3.68. The Morgan fingerprint density at radius 1 is 1.32 bits per heavy atom. The Hall–Kier alpha value is -3.42. The Labute approximate surface area is 142 Å². The van der Waals surface area contributed by atoms with E-state index in [0.717, 1.165) is 10.9 Å². The molecule has 0 aliphatic heterocycles. The van der Waals surface area contributed by atoms with Crippen molar-refractivity contribution in [3.05, 3.63) is 48.5 Å². The van der Waals surface area contributed by atoms with Crippen LogP contribution in [0.5, 0.6) is 5.75 Å². The Bertz CT molecular complexity index is 1070. The van der Waals surface area contributed by atoms with Crippen LogP contribution < -0.4 is 10.1 Å². The van der Waals surface area contributed by atoms with Gasteiger partial charge in [-0.2, -0.15) is 10.2 Å². The molecule has 0 saturated heterocycles. The zero-order valence-corrected chi connectivity index (χ0v) is 13.7. The van der Waals surface area contributed by atoms with Gasteiger partial charge in [-0.15, -0.1) is 0 Å². The number of carbonyl (C=O) groups excluding carboxylic acids is 1. The summed E-state index contributed by atoms with van der Waals surface area (Å²) in [5.41, 5.74) is 2.30. The third kappa shape index (κ3) is 2.78. The standard InChI is InChI=1S/C17H16N6O2/c1-10(2)25-15-7-13-11(8-19-22-13)6-14(15)21-17(24)12-9-20-23-5-3-4-18-16(12)23/h3-10H,1-2H3,(H,19,22)(H,21,24). The first-order valence-corrected chi connectivity index (χ1v) is 7.85. The Morgan fingerprint density at radius 2 is 2.20 bits per heavy atom. The van der Waals surface area contributed by atoms with Gasteiger partial charge >= 0.3 is 0 Å². The number of fused-ring (bicyclic) bond motifs is 2. The van der Waals surface area contributed by atoms with E-state index < -0.39 is 0 Å². The Morgan fingerprint density at radius 3 is 3.04 bits per heavy atom. The van der Waals surface area contributed by atoms with Crippen LogP contribution in [0.15, 0.2) is 43.0 Å². The van der Waals surface area contributed by atoms with E-state index in [9.17, 15) is 4.79 Å². The van der Waals surface area contributed by atoms with Gasteiger partial charge < -0.3 is 10.1 Å². The van der Waals surface area contributed by atoms with Gasteiger partial charge in [0.25, 0.3) is 5.91 Å². The van der Waals surface area contributed by atoms with Crippen molar-refractivity contribution < 1.29 is 9.53 Å². The van der Waals surface area contributed by atoms with Crippen molar-refractivity contribution in [1.29, 1.82) is 0 Å². The van der Waals surface area contributed by atoms with Crippen molar-refractivity contribution in [3.8, 4) is 5.75 Å². The number of hydrogen-bond acceptors (Lipinski definition) is 5. The second-order valence-electron chi connectivity index (χ2n) is 5.87. The van der Waals surface area contributed by atoms with E-state index in [4.69, 9.17) is 4.74 Å². The van der Waals surface area contributed by atoms with Gasteiger partial charge in [-0.25, -0.2) is 9.50 Å². The van der Waals surface area contributed by atoms with Crippen molar-refractivity contribution in [3.63, 3.8) is 0 Å². The maximum Gasteiger partial charge on any atom is 0.261 e. The van der Waals surface area contributed by atoms with Crippen LogP contribution in [0.25, 0.3) is 16.6 Å². The first kappa shape index (κ1) is 15.1. The second kappa shape index (κ2) is 5.90. The average molecular weight is 336 g/mol. The minimum atomic E-state index is -0.301. The molecule has 126 valence electrons. The van der Waals surface area contributed by atoms with Crippen molar-refractivity contribution in [1.82, 2.24) is 24.8 Å². The third-order valence-electron chi connectivity index (χ3n) is 3.68. The van der Waals surface area contributed by atoms with Gasteiger partial charge in [0.1, 0.15) is 11.3 Å². The molecule has 0 spiro atoms. The largest absolute Gasteiger partial charge is 0.489 e. The molecule has 0 fully saturated rings. The highest BCUT2D eigenvalue weighted by atomic mass is 16.5. The van der Waals surface area contributed by atoms with Gasteiger partial charge in [-0.1, -0.05) is 0 Å². The summed E-state index contributed by atoms with van der Waals surface area (Å²) in [6.07, 6.45) is 6.52. The van der Waals surface area contributed by atoms with E-state index >= 15 is 0 Å². The molecular weight excluding hydrogens is 320 g/mol. The van der Waals surface area contributed by atoms with E-state index in [1.54, 1.807) is 29.2 Å². The average Bonchev–Trinajstić information content (AvgIpc) is 3.20. The Balaban J connectivity index is 1.72. The van der Waals surface area contributed by atoms with Gasteiger partial charge in [-0.05, 0) is 26.0 Å². The van der Waals surface area contributed by atoms with Crippen LogP contribution in [-0.4, -0.2) is 36.8 Å². The van der Waals surface area contributed by atoms with E-state index in [1.165, 1.54) is 6.20 Å². The van der Waals surface area contributed by atoms with Gasteiger partial charge in [-0.3, -0.25) is 9.89 Å². The lowest BCUT2D eigenvalue weighted by Gasteiger charge is -2.15. The zero-order chi connectivity index (χ0) is 17.4. The number of amides is 1. The number of carbonyl (C=O) groups is 1. The number of benzene rings is 1. The molecule has 8 nitrogen and oxygen atoms in total. The number of nitrogens with one attached hydrogen (secondary N) is 2. The molecule has 0 aliphatic rings. The monoisotopic (exact) mass is 336 g/mol. The van der Waals surface area contributed by atoms with Crippen LogP contribution in [0.2, 0.25) is 0 Å². The van der Waals surface area contributed by atoms with Crippen LogP contribution in [0.1, 0.15) is 24.2 Å². The highest BCUT2D eigenvalue weighted by Gasteiger charge is 2.17. The predicted octanol–water partition coefficient (Wildman–Crippen LogP) is 2.65. The first-order valence-electron chi connectivity index (χ1n) is 7.85. The molecule has 0 atom stereocenters. The van der Waals surface area contributed by atoms with Gasteiger partial charge in [0, 0.05) is 23.8 Å². The number of anilines is 1. The van der Waals surface area contributed by atoms with E-state index in [1.807, 2.05) is 26.0 Å². The summed E-state index contributed by atoms with van der Waals surface area (Å²) in [5.74, 6) is 0.273. The van der Waals surface area contributed by atoms with Crippen LogP contribution in [-0.2, 0) is 0 Å². The molecule has 8 heteroatoms. The van der Waals surface area contributed by atoms with Crippen molar-refractivity contribution in [2.45, 2.75) is 20.0 Å². The molecule has 3 aromatic heterocycles. The van der Waals surface area contributed by atoms with Gasteiger partial charge in [0.15, 0.2) is 5.65 Å². The van der Waals surface area contributed by atoms with Crippen molar-refractivity contribution in [2.24, 2.45) is 0 Å². The lowest BCUT2D eigenvalue weighted by atomic mass is 10.2. The quantitative estimate of drug-likeness (QED) is 0.597. The smallest absolute Gasteiger partial charge is 0.261 e. The topological polar surface area (TPSA) is 97.2 Å². The summed E-state index contributed by atoms with van der Waals surface area (Å²) in [7, 11) is 0. The van der Waals surface area contributed by atoms with Gasteiger partial charge in [0.05, 0.1) is 29.7 Å². The summed E-state index contributed by atoms with van der Waals surface area (Å²) in [6, 6.07) is 5.41. The number of aromatic nitrogens is 5. The molecule has 25 heavy (non-hydrogen) atoms. The van der Waals surface area contributed by atoms with Crippen LogP contribution in [0.4, 0.5) is 5.69 Å². The fourth-order valence-electron chi connectivity index (χ4n) is 2.60. The number of rotatable bonds is 4. The van der Waals surface area contributed by atoms with Crippen LogP contribution >= 0.6 is 0 Å². The molecule has 0 bridgehead atoms. The summed E-state index contributed by atoms with van der Waals surface area (Å²) in [4.78, 5) is 16.9. The number of nitrogens with zero attached hydrogens (tertiary/aromatic N) is 4. The summed E-state index contributed by atoms with van der Waals surface area (Å²) in [5, 5.41) is 14.8. The lowest BCUT2D eigenvalue weighted by molar-refractivity contribution is 0.102. The number of H-pyrrole nitrogens is 1. The first-order chi connectivity index (χ1) is 12.1. The predicted molar refractivity (Wildman–Crippen MR) is 92.8 cm³/mol. The zero-order valence-electron chi connectivity index (χ0n) is 13.7. The molecule has 0 unspecified atom stereocenters. The van der Waals surface area contributed by atoms with Crippen LogP contribution in [0, 0.1) is 0 Å². The molecule has 4 rings (SSSR count). The maximum atomic E-state index is 12.7. The molecule has 0 saturated carbocycles. The lowest BCUT2D eigenvalue weighted by Crippen LogP contribution is -2.14. The highest BCUT2D eigenvalue weighted by Crippen LogP contribution is 2.31. The van der Waals surface area contributed by atoms with E-state index in [0.29, 0.717) is 22.6 Å². The molecule has 1 aromatic carbocycles. The number of ether oxygens (including phenoxy) is 1. The molecule has 1 amide bonds. The molecule has 0 radical (unpaired) electrons. The molecular formula is C17H16N6O2. The fourth-order valence-corrected chi connectivity index (χ4v) is 2.60. The van der Waals surface area contributed by atoms with Crippen molar-refractivity contribution in [2.75, 3.05) is 5.32 Å². The molecule has 4 aromatic rings. The van der Waals surface area contributed by atoms with Crippen molar-refractivity contribution >= 4 is 28.1 Å². The second-order valence-corrected chi connectivity index (χ2v) is 5.87. The van der Waals surface area contributed by atoms with Gasteiger partial charge in [0.2, 0.25) is 0 Å². The van der Waals surface area contributed by atoms with E-state index in [-0.39, 0.29) is 12.0 Å². The minimum absolute atomic E-state index is 0.0327. The normalized spacial score (nSPS) is 11.3. The maximum absolute atomic E-state index is 12.7. The minimum Gasteiger partial charge on any atom is -0.489 e. The Kier molecular flexibility index (Phi) is 3.57. The summed E-state index contributed by atoms with van der Waals surface area (Å²) < 4.78 is 7.38. The SMILES string of the molecule is CC(C)Oc1cc2[nH]ncc2cc1NC(=O)c1cnn2cccnc12. The highest BCUT2D eigenvalue weighted by molar-refractivity contribution is 6.09. The molecule has 0 aliphatic carbocycles. The van der Waals surface area contributed by atoms with Crippen LogP contribution in [0.3, 0.4) is 0 Å². The fraction of sp³-hybridized carbons (Fsp3) is 0.176. The summed E-state index contributed by atoms with van der Waals surface area (Å²) in [6.45, 7) is 3.86. The molecule has 3 heterocycles. The molecule has 2 N–H and O–H groups in total. The number of aromatic amines is 1. The number of hydrogen-bond donors (Lipinski definition) is 2.